The quantitative estimate of drug-likeness (QED) is 0.483. The van der Waals surface area contributed by atoms with Crippen molar-refractivity contribution in [3.05, 3.63) is 11.6 Å². The number of hydrogen-bond acceptors (Lipinski definition) is 1. The maximum absolute atomic E-state index is 9.47. The molecule has 0 saturated heterocycles. The summed E-state index contributed by atoms with van der Waals surface area (Å²) in [5.41, 5.74) is 0. The molecule has 0 radical (unpaired) electrons. The van der Waals surface area contributed by atoms with Gasteiger partial charge in [-0.1, -0.05) is 18.2 Å². The van der Waals surface area contributed by atoms with Gasteiger partial charge in [-0.2, -0.15) is 0 Å². The maximum Gasteiger partial charge on any atom is 0.125 e. The Kier molecular flexibility index (Phi) is 2.77. The average Bonchev–Trinajstić information content (AvgIpc) is 1.35. The first kappa shape index (κ1) is 5.70. The van der Waals surface area contributed by atoms with Crippen LogP contribution in [0.15, 0.2) is 11.6 Å². The number of halogens is 1. The van der Waals surface area contributed by atoms with Crippen LogP contribution in [0.2, 0.25) is 0 Å². The molecule has 34 valence electrons. The third-order valence-electron chi connectivity index (χ3n) is 0.305. The summed E-state index contributed by atoms with van der Waals surface area (Å²) in [4.78, 5) is 9.47. The van der Waals surface area contributed by atoms with Gasteiger partial charge in [0.1, 0.15) is 6.29 Å². The average molecular weight is 105 g/mol. The van der Waals surface area contributed by atoms with Crippen LogP contribution in [0.4, 0.5) is 0 Å². The molecule has 0 heterocycles. The number of allylic oxidation sites excluding steroid dienone is 1. The Labute approximate surface area is 41.6 Å². The van der Waals surface area contributed by atoms with Gasteiger partial charge in [0.05, 0.1) is 0 Å². The summed E-state index contributed by atoms with van der Waals surface area (Å²) in [5, 5.41) is 0.394. The summed E-state index contributed by atoms with van der Waals surface area (Å²) in [6.07, 6.45) is 0.983. The normalized spacial score (nSPS) is 7.50. The number of carbonyl (C=O) groups excluding carboxylic acids is 1. The Morgan fingerprint density at radius 3 is 2.50 bits per heavy atom. The van der Waals surface area contributed by atoms with Gasteiger partial charge in [0.15, 0.2) is 0 Å². The van der Waals surface area contributed by atoms with Crippen LogP contribution in [0.25, 0.3) is 0 Å². The van der Waals surface area contributed by atoms with E-state index in [9.17, 15) is 4.79 Å². The highest BCUT2D eigenvalue weighted by atomic mass is 35.5. The molecule has 0 saturated carbocycles. The molecule has 0 fully saturated rings. The van der Waals surface area contributed by atoms with Gasteiger partial charge in [-0.05, 0) is 0 Å². The maximum atomic E-state index is 9.47. The van der Waals surface area contributed by atoms with E-state index in [1.807, 2.05) is 0 Å². The SMILES string of the molecule is C=C(Cl)CC=O. The molecular weight excluding hydrogens is 99.5 g/mol. The van der Waals surface area contributed by atoms with Crippen LogP contribution in [0.3, 0.4) is 0 Å². The largest absolute Gasteiger partial charge is 0.303 e. The van der Waals surface area contributed by atoms with Gasteiger partial charge in [-0.15, -0.1) is 0 Å². The molecule has 0 aliphatic rings. The first-order chi connectivity index (χ1) is 2.77. The molecule has 0 spiro atoms. The lowest BCUT2D eigenvalue weighted by atomic mass is 10.5. The lowest BCUT2D eigenvalue weighted by Gasteiger charge is -1.75. The molecule has 2 heteroatoms. The highest BCUT2D eigenvalue weighted by Crippen LogP contribution is 1.97. The van der Waals surface area contributed by atoms with Gasteiger partial charge in [0.2, 0.25) is 0 Å². The minimum absolute atomic E-state index is 0.265. The molecule has 1 nitrogen and oxygen atoms in total. The summed E-state index contributed by atoms with van der Waals surface area (Å²) < 4.78 is 0. The molecular formula is C4H5ClO. The molecule has 0 aromatic rings. The molecule has 6 heavy (non-hydrogen) atoms. The Bertz CT molecular complexity index is 67.9. The monoisotopic (exact) mass is 104 g/mol. The van der Waals surface area contributed by atoms with Crippen LogP contribution in [0.5, 0.6) is 0 Å². The van der Waals surface area contributed by atoms with E-state index in [1.165, 1.54) is 0 Å². The minimum atomic E-state index is 0.265. The molecule has 0 aromatic carbocycles. The van der Waals surface area contributed by atoms with Gasteiger partial charge < -0.3 is 4.79 Å². The third-order valence-corrected chi connectivity index (χ3v) is 0.459. The lowest BCUT2D eigenvalue weighted by Crippen LogP contribution is -1.67. The molecule has 0 aliphatic heterocycles. The lowest BCUT2D eigenvalue weighted by molar-refractivity contribution is -0.107. The fourth-order valence-corrected chi connectivity index (χ4v) is 0.153. The molecule has 0 N–H and O–H groups in total. The predicted octanol–water partition coefficient (Wildman–Crippen LogP) is 1.33. The van der Waals surface area contributed by atoms with Gasteiger partial charge >= 0.3 is 0 Å². The summed E-state index contributed by atoms with van der Waals surface area (Å²) >= 11 is 5.15. The van der Waals surface area contributed by atoms with Crippen molar-refractivity contribution in [2.24, 2.45) is 0 Å². The van der Waals surface area contributed by atoms with Gasteiger partial charge in [0, 0.05) is 11.5 Å². The Morgan fingerprint density at radius 2 is 2.50 bits per heavy atom. The molecule has 0 amide bonds. The number of rotatable bonds is 2. The van der Waals surface area contributed by atoms with Crippen molar-refractivity contribution >= 4 is 17.9 Å². The first-order valence-electron chi connectivity index (χ1n) is 1.54. The van der Waals surface area contributed by atoms with Crippen LogP contribution < -0.4 is 0 Å². The predicted molar refractivity (Wildman–Crippen MR) is 25.7 cm³/mol. The van der Waals surface area contributed by atoms with E-state index >= 15 is 0 Å². The second-order valence-electron chi connectivity index (χ2n) is 0.888. The third kappa shape index (κ3) is 3.70. The van der Waals surface area contributed by atoms with E-state index in [4.69, 9.17) is 11.6 Å². The fourth-order valence-electron chi connectivity index (χ4n) is 0.0904. The van der Waals surface area contributed by atoms with Crippen LogP contribution in [-0.2, 0) is 4.79 Å². The van der Waals surface area contributed by atoms with Crippen molar-refractivity contribution in [1.29, 1.82) is 0 Å². The molecule has 0 aliphatic carbocycles. The number of aldehydes is 1. The second kappa shape index (κ2) is 2.91. The number of carbonyl (C=O) groups is 1. The summed E-state index contributed by atoms with van der Waals surface area (Å²) in [6, 6.07) is 0. The summed E-state index contributed by atoms with van der Waals surface area (Å²) in [7, 11) is 0. The van der Waals surface area contributed by atoms with Crippen molar-refractivity contribution in [3.63, 3.8) is 0 Å². The zero-order valence-electron chi connectivity index (χ0n) is 3.28. The van der Waals surface area contributed by atoms with E-state index in [2.05, 4.69) is 6.58 Å². The minimum Gasteiger partial charge on any atom is -0.303 e. The topological polar surface area (TPSA) is 17.1 Å². The van der Waals surface area contributed by atoms with Gasteiger partial charge in [0.25, 0.3) is 0 Å². The van der Waals surface area contributed by atoms with E-state index in [0.717, 1.165) is 6.29 Å². The van der Waals surface area contributed by atoms with E-state index in [1.54, 1.807) is 0 Å². The molecule has 0 bridgehead atoms. The zero-order valence-corrected chi connectivity index (χ0v) is 4.03. The summed E-state index contributed by atoms with van der Waals surface area (Å²) in [5.74, 6) is 0. The van der Waals surface area contributed by atoms with Crippen LogP contribution in [-0.4, -0.2) is 6.29 Å². The summed E-state index contributed by atoms with van der Waals surface area (Å²) in [6.45, 7) is 3.28. The van der Waals surface area contributed by atoms with Crippen molar-refractivity contribution in [2.75, 3.05) is 0 Å². The van der Waals surface area contributed by atoms with Crippen LogP contribution >= 0.6 is 11.6 Å². The molecule has 0 atom stereocenters. The smallest absolute Gasteiger partial charge is 0.125 e. The first-order valence-corrected chi connectivity index (χ1v) is 1.92. The highest BCUT2D eigenvalue weighted by molar-refractivity contribution is 6.30. The van der Waals surface area contributed by atoms with E-state index in [-0.39, 0.29) is 6.42 Å². The van der Waals surface area contributed by atoms with Crippen molar-refractivity contribution < 1.29 is 4.79 Å². The van der Waals surface area contributed by atoms with Gasteiger partial charge in [-0.25, -0.2) is 0 Å². The highest BCUT2D eigenvalue weighted by Gasteiger charge is 1.78. The molecule has 0 aromatic heterocycles. The van der Waals surface area contributed by atoms with E-state index in [0.29, 0.717) is 5.03 Å². The van der Waals surface area contributed by atoms with Crippen LogP contribution in [0, 0.1) is 0 Å². The van der Waals surface area contributed by atoms with Crippen LogP contribution in [0.1, 0.15) is 6.42 Å². The molecule has 0 rings (SSSR count). The molecule has 0 unspecified atom stereocenters. The van der Waals surface area contributed by atoms with Crippen molar-refractivity contribution in [2.45, 2.75) is 6.42 Å². The Morgan fingerprint density at radius 1 is 2.00 bits per heavy atom. The van der Waals surface area contributed by atoms with Crippen molar-refractivity contribution in [3.8, 4) is 0 Å². The zero-order chi connectivity index (χ0) is 4.99. The fraction of sp³-hybridized carbons (Fsp3) is 0.250. The van der Waals surface area contributed by atoms with Gasteiger partial charge in [-0.3, -0.25) is 0 Å². The van der Waals surface area contributed by atoms with Crippen molar-refractivity contribution in [1.82, 2.24) is 0 Å². The Hall–Kier alpha value is -0.300. The second-order valence-corrected chi connectivity index (χ2v) is 1.42. The Balaban J connectivity index is 3.05. The van der Waals surface area contributed by atoms with E-state index < -0.39 is 0 Å². The standard InChI is InChI=1S/C4H5ClO/c1-4(5)2-3-6/h3H,1-2H2. The number of hydrogen-bond donors (Lipinski definition) is 0.